The fourth-order valence-corrected chi connectivity index (χ4v) is 1.42. The number of hydrogen-bond donors (Lipinski definition) is 1. The lowest BCUT2D eigenvalue weighted by atomic mass is 10.4. The second-order valence-electron chi connectivity index (χ2n) is 1.82. The number of nitrogens with one attached hydrogen (secondary N) is 1. The van der Waals surface area contributed by atoms with Crippen LogP contribution in [-0.4, -0.2) is 4.99 Å². The summed E-state index contributed by atoms with van der Waals surface area (Å²) in [6.07, 6.45) is 0. The first kappa shape index (κ1) is 5.63. The Bertz CT molecular complexity index is 149. The fraction of sp³-hybridized carbons (Fsp3) is 0.333. The topological polar surface area (TPSA) is 12.0 Å². The standard InChI is InChI=1S/C6H9NS/c1-4-5(2)8-6(3)7-4/h7H,1H2,2-3H3. The van der Waals surface area contributed by atoms with Crippen molar-refractivity contribution in [3.63, 3.8) is 0 Å². The van der Waals surface area contributed by atoms with Crippen LogP contribution in [0, 0.1) is 5.25 Å². The predicted molar refractivity (Wildman–Crippen MR) is 39.2 cm³/mol. The Hall–Kier alpha value is -0.500. The molecule has 0 unspecified atom stereocenters. The summed E-state index contributed by atoms with van der Waals surface area (Å²) in [6, 6.07) is 0. The van der Waals surface area contributed by atoms with Crippen LogP contribution in [0.5, 0.6) is 0 Å². The third kappa shape index (κ3) is 0.842. The molecule has 1 N–H and O–H groups in total. The first-order valence-corrected chi connectivity index (χ1v) is 3.33. The van der Waals surface area contributed by atoms with Crippen LogP contribution in [-0.2, 0) is 11.4 Å². The van der Waals surface area contributed by atoms with Crippen molar-refractivity contribution in [3.05, 3.63) is 17.5 Å². The molecule has 0 bridgehead atoms. The van der Waals surface area contributed by atoms with Gasteiger partial charge >= 0.3 is 0 Å². The van der Waals surface area contributed by atoms with E-state index in [2.05, 4.69) is 18.8 Å². The molecule has 0 aliphatic carbocycles. The van der Waals surface area contributed by atoms with Gasteiger partial charge in [0, 0.05) is 6.92 Å². The van der Waals surface area contributed by atoms with Crippen LogP contribution in [0.2, 0.25) is 0 Å². The predicted octanol–water partition coefficient (Wildman–Crippen LogP) is 0.888. The van der Waals surface area contributed by atoms with Gasteiger partial charge in [0.15, 0.2) is 0 Å². The zero-order valence-electron chi connectivity index (χ0n) is 5.12. The maximum Gasteiger partial charge on any atom is 0.251 e. The summed E-state index contributed by atoms with van der Waals surface area (Å²) in [5.41, 5.74) is 1.05. The summed E-state index contributed by atoms with van der Waals surface area (Å²) < 4.78 is 0. The molecule has 0 atom stereocenters. The molecule has 1 heterocycles. The maximum absolute atomic E-state index is 3.80. The molecule has 2 heteroatoms. The van der Waals surface area contributed by atoms with Crippen molar-refractivity contribution in [2.45, 2.75) is 13.8 Å². The highest BCUT2D eigenvalue weighted by atomic mass is 32.1. The summed E-state index contributed by atoms with van der Waals surface area (Å²) in [6.45, 7) is 7.91. The van der Waals surface area contributed by atoms with Gasteiger partial charge in [-0.2, -0.15) is 0 Å². The van der Waals surface area contributed by atoms with E-state index in [0.29, 0.717) is 0 Å². The van der Waals surface area contributed by atoms with Gasteiger partial charge < -0.3 is 5.32 Å². The first-order valence-electron chi connectivity index (χ1n) is 2.51. The van der Waals surface area contributed by atoms with Crippen LogP contribution in [0.1, 0.15) is 13.8 Å². The van der Waals surface area contributed by atoms with E-state index in [1.807, 2.05) is 6.92 Å². The van der Waals surface area contributed by atoms with E-state index in [0.717, 1.165) is 5.70 Å². The maximum atomic E-state index is 3.80. The smallest absolute Gasteiger partial charge is 0.251 e. The molecular weight excluding hydrogens is 118 g/mol. The Morgan fingerprint density at radius 1 is 1.75 bits per heavy atom. The molecule has 0 saturated carbocycles. The lowest BCUT2D eigenvalue weighted by Crippen LogP contribution is -2.12. The normalized spacial score (nSPS) is 18.5. The summed E-state index contributed by atoms with van der Waals surface area (Å²) in [5, 5.41) is 4.39. The van der Waals surface area contributed by atoms with Crippen molar-refractivity contribution in [2.24, 2.45) is 0 Å². The Morgan fingerprint density at radius 2 is 2.38 bits per heavy atom. The third-order valence-corrected chi connectivity index (χ3v) is 2.02. The molecule has 44 valence electrons. The highest BCUT2D eigenvalue weighted by Gasteiger charge is 2.17. The third-order valence-electron chi connectivity index (χ3n) is 1.06. The molecule has 1 rings (SSSR count). The molecule has 0 radical (unpaired) electrons. The van der Waals surface area contributed by atoms with Gasteiger partial charge in [0.25, 0.3) is 4.99 Å². The van der Waals surface area contributed by atoms with Gasteiger partial charge in [-0.1, -0.05) is 12.6 Å². The molecule has 1 aliphatic heterocycles. The molecule has 0 fully saturated rings. The second-order valence-corrected chi connectivity index (χ2v) is 3.25. The van der Waals surface area contributed by atoms with Crippen molar-refractivity contribution in [2.75, 3.05) is 0 Å². The average molecular weight is 127 g/mol. The molecule has 0 aromatic heterocycles. The lowest BCUT2D eigenvalue weighted by molar-refractivity contribution is 1.14. The van der Waals surface area contributed by atoms with Crippen LogP contribution in [0.25, 0.3) is 0 Å². The minimum Gasteiger partial charge on any atom is -0.343 e. The van der Waals surface area contributed by atoms with E-state index in [-0.39, 0.29) is 0 Å². The molecule has 8 heavy (non-hydrogen) atoms. The highest BCUT2D eigenvalue weighted by molar-refractivity contribution is 7.82. The molecule has 0 aromatic carbocycles. The van der Waals surface area contributed by atoms with Gasteiger partial charge in [0.05, 0.1) is 5.25 Å². The van der Waals surface area contributed by atoms with Crippen molar-refractivity contribution in [3.8, 4) is 0 Å². The molecule has 1 aliphatic rings. The SMILES string of the molecule is C=C1NC(C)=[S+][C-]1C. The molecule has 0 saturated heterocycles. The van der Waals surface area contributed by atoms with E-state index in [4.69, 9.17) is 0 Å². The van der Waals surface area contributed by atoms with Gasteiger partial charge in [-0.25, -0.2) is 6.58 Å². The van der Waals surface area contributed by atoms with Gasteiger partial charge in [0.2, 0.25) is 0 Å². The van der Waals surface area contributed by atoms with E-state index < -0.39 is 0 Å². The average Bonchev–Trinajstić information content (AvgIpc) is 1.85. The largest absolute Gasteiger partial charge is 0.343 e. The van der Waals surface area contributed by atoms with Crippen molar-refractivity contribution in [1.29, 1.82) is 0 Å². The summed E-state index contributed by atoms with van der Waals surface area (Å²) in [7, 11) is 0. The van der Waals surface area contributed by atoms with E-state index >= 15 is 0 Å². The Kier molecular flexibility index (Phi) is 1.26. The van der Waals surface area contributed by atoms with Crippen molar-refractivity contribution in [1.82, 2.24) is 5.32 Å². The summed E-state index contributed by atoms with van der Waals surface area (Å²) in [4.78, 5) is 1.23. The van der Waals surface area contributed by atoms with Crippen LogP contribution in [0.15, 0.2) is 12.3 Å². The van der Waals surface area contributed by atoms with Crippen LogP contribution in [0.4, 0.5) is 0 Å². The molecular formula is C6H9NS. The minimum absolute atomic E-state index is 1.05. The number of hydrogen-bond acceptors (Lipinski definition) is 1. The van der Waals surface area contributed by atoms with Crippen LogP contribution < -0.4 is 5.32 Å². The summed E-state index contributed by atoms with van der Waals surface area (Å²) >= 11 is 1.75. The Labute approximate surface area is 53.7 Å². The van der Waals surface area contributed by atoms with Gasteiger partial charge in [-0.05, 0) is 0 Å². The van der Waals surface area contributed by atoms with E-state index in [1.165, 1.54) is 10.2 Å². The summed E-state index contributed by atoms with van der Waals surface area (Å²) in [5.74, 6) is 0. The Balaban J connectivity index is 2.69. The fourth-order valence-electron chi connectivity index (χ4n) is 0.617. The Morgan fingerprint density at radius 3 is 2.50 bits per heavy atom. The van der Waals surface area contributed by atoms with E-state index in [9.17, 15) is 0 Å². The zero-order chi connectivity index (χ0) is 6.15. The quantitative estimate of drug-likeness (QED) is 0.289. The zero-order valence-corrected chi connectivity index (χ0v) is 5.93. The monoisotopic (exact) mass is 127 g/mol. The van der Waals surface area contributed by atoms with Crippen molar-refractivity contribution < 1.29 is 0 Å². The van der Waals surface area contributed by atoms with E-state index in [1.54, 1.807) is 11.4 Å². The minimum atomic E-state index is 1.05. The first-order chi connectivity index (χ1) is 3.70. The molecule has 0 aromatic rings. The highest BCUT2D eigenvalue weighted by Crippen LogP contribution is 2.11. The molecule has 0 spiro atoms. The second kappa shape index (κ2) is 1.78. The molecule has 1 nitrogen and oxygen atoms in total. The lowest BCUT2D eigenvalue weighted by Gasteiger charge is -1.99. The van der Waals surface area contributed by atoms with Crippen LogP contribution >= 0.6 is 0 Å². The van der Waals surface area contributed by atoms with Gasteiger partial charge in [-0.15, -0.1) is 0 Å². The van der Waals surface area contributed by atoms with Crippen LogP contribution in [0.3, 0.4) is 0 Å². The number of rotatable bonds is 0. The van der Waals surface area contributed by atoms with Gasteiger partial charge in [0.1, 0.15) is 11.4 Å². The molecule has 0 amide bonds. The van der Waals surface area contributed by atoms with Gasteiger partial charge in [-0.3, -0.25) is 0 Å². The van der Waals surface area contributed by atoms with Crippen molar-refractivity contribution >= 4 is 16.3 Å².